The van der Waals surface area contributed by atoms with E-state index in [-0.39, 0.29) is 44.6 Å². The molecule has 2 rings (SSSR count). The van der Waals surface area contributed by atoms with Gasteiger partial charge in [0.1, 0.15) is 18.3 Å². The normalized spacial score (nSPS) is 18.7. The minimum Gasteiger partial charge on any atom is -0.463 e. The fraction of sp³-hybridized carbons (Fsp3) is 0.647. The van der Waals surface area contributed by atoms with E-state index in [1.807, 2.05) is 12.1 Å². The van der Waals surface area contributed by atoms with Gasteiger partial charge in [-0.25, -0.2) is 57.5 Å². The van der Waals surface area contributed by atoms with Crippen LogP contribution < -0.4 is 0 Å². The molecule has 1 saturated carbocycles. The number of allylic oxidation sites excluding steroid dienone is 2. The topological polar surface area (TPSA) is 421 Å². The zero-order valence-electron chi connectivity index (χ0n) is 59.4. The van der Waals surface area contributed by atoms with Crippen molar-refractivity contribution >= 4 is 95.5 Å². The summed E-state index contributed by atoms with van der Waals surface area (Å²) in [6, 6.07) is 9.01. The highest BCUT2D eigenvalue weighted by Gasteiger charge is 2.48. The van der Waals surface area contributed by atoms with Crippen molar-refractivity contribution in [3.8, 4) is 0 Å². The van der Waals surface area contributed by atoms with Gasteiger partial charge in [-0.15, -0.1) is 0 Å². The molecule has 1 fully saturated rings. The Bertz CT molecular complexity index is 3030. The van der Waals surface area contributed by atoms with Crippen molar-refractivity contribution in [2.75, 3.05) is 0 Å². The number of carbonyl (C=O) groups is 16. The van der Waals surface area contributed by atoms with Crippen LogP contribution in [0.2, 0.25) is 0 Å². The van der Waals surface area contributed by atoms with Crippen LogP contribution >= 0.6 is 0 Å². The first-order valence-electron chi connectivity index (χ1n) is 32.6. The van der Waals surface area contributed by atoms with Crippen LogP contribution in [0.25, 0.3) is 0 Å². The Morgan fingerprint density at radius 2 is 0.660 bits per heavy atom. The number of rotatable bonds is 40. The fourth-order valence-electron chi connectivity index (χ4n) is 9.30. The Morgan fingerprint density at radius 1 is 0.360 bits per heavy atom. The molecule has 0 radical (unpaired) electrons. The second-order valence-electron chi connectivity index (χ2n) is 23.8. The van der Waals surface area contributed by atoms with Gasteiger partial charge in [-0.2, -0.15) is 0 Å². The van der Waals surface area contributed by atoms with E-state index in [0.29, 0.717) is 19.3 Å². The SMILES string of the molecule is CC(=O)O[C@@H](C)C(=O)O[C@@H](C)C(=O)O[C@@H](C)C(=O)O[C@@H](C)C(=O)OC(CCc1ccccc1)CCC1C(OC(=O)[C@H](C)OC(=O)[C@H](C)OC(=O)[C@H](C)OC(=O)[C@H](C)OC(C)=O)CC(OC(=O)[C@H](C)OC(=O)[C@H](C)OC(=O)[C@H](C)OC(=O)[C@H](C)OC(C)=O)C1C/C=C\CCCC(=O)OC(C)C. The van der Waals surface area contributed by atoms with Crippen molar-refractivity contribution in [3.05, 3.63) is 48.0 Å². The predicted molar refractivity (Wildman–Crippen MR) is 338 cm³/mol. The van der Waals surface area contributed by atoms with E-state index in [1.54, 1.807) is 44.2 Å². The second-order valence-corrected chi connectivity index (χ2v) is 23.8. The quantitative estimate of drug-likeness (QED) is 0.0358. The van der Waals surface area contributed by atoms with Gasteiger partial charge in [-0.05, 0) is 147 Å². The average Bonchev–Trinajstić information content (AvgIpc) is 1.66. The number of aryl methyl sites for hydroxylation is 1. The van der Waals surface area contributed by atoms with Crippen molar-refractivity contribution in [3.63, 3.8) is 0 Å². The molecule has 32 heteroatoms. The lowest BCUT2D eigenvalue weighted by atomic mass is 9.85. The lowest BCUT2D eigenvalue weighted by Crippen LogP contribution is -2.38. The van der Waals surface area contributed by atoms with Crippen LogP contribution in [0.3, 0.4) is 0 Å². The molecule has 0 aromatic heterocycles. The van der Waals surface area contributed by atoms with Crippen LogP contribution in [0.5, 0.6) is 0 Å². The molecule has 1 aliphatic rings. The molecule has 1 aromatic carbocycles. The summed E-state index contributed by atoms with van der Waals surface area (Å²) in [4.78, 5) is 204. The van der Waals surface area contributed by atoms with E-state index in [9.17, 15) is 76.7 Å². The van der Waals surface area contributed by atoms with Gasteiger partial charge in [-0.1, -0.05) is 42.5 Å². The highest BCUT2D eigenvalue weighted by Crippen LogP contribution is 2.43. The Balaban J connectivity index is 2.61. The number of hydrogen-bond acceptors (Lipinski definition) is 32. The third-order valence-corrected chi connectivity index (χ3v) is 14.5. The summed E-state index contributed by atoms with van der Waals surface area (Å²) in [5.74, 6) is -18.4. The molecule has 1 aliphatic carbocycles. The van der Waals surface area contributed by atoms with Crippen LogP contribution in [-0.4, -0.2) is 193 Å². The number of esters is 16. The van der Waals surface area contributed by atoms with Gasteiger partial charge in [-0.3, -0.25) is 19.2 Å². The molecule has 32 nitrogen and oxygen atoms in total. The molecule has 0 N–H and O–H groups in total. The molecule has 1 aromatic rings. The summed E-state index contributed by atoms with van der Waals surface area (Å²) in [5.41, 5.74) is 0.820. The summed E-state index contributed by atoms with van der Waals surface area (Å²) >= 11 is 0. The molecule has 0 bridgehead atoms. The van der Waals surface area contributed by atoms with Gasteiger partial charge >= 0.3 is 95.5 Å². The maximum absolute atomic E-state index is 14.2. The molecule has 558 valence electrons. The summed E-state index contributed by atoms with van der Waals surface area (Å²) in [5, 5.41) is 0. The number of benzene rings is 1. The average molecular weight is 1420 g/mol. The molecule has 0 saturated heterocycles. The lowest BCUT2D eigenvalue weighted by Gasteiger charge is -2.29. The zero-order valence-corrected chi connectivity index (χ0v) is 59.4. The van der Waals surface area contributed by atoms with Crippen LogP contribution in [-0.2, 0) is 159 Å². The summed E-state index contributed by atoms with van der Waals surface area (Å²) in [6.07, 6.45) is -18.4. The zero-order chi connectivity index (χ0) is 75.8. The first-order chi connectivity index (χ1) is 46.7. The Morgan fingerprint density at radius 3 is 0.980 bits per heavy atom. The molecule has 5 unspecified atom stereocenters. The predicted octanol–water partition coefficient (Wildman–Crippen LogP) is 5.08. The van der Waals surface area contributed by atoms with Gasteiger partial charge in [0, 0.05) is 45.4 Å². The molecular formula is C68H94O32. The van der Waals surface area contributed by atoms with Crippen molar-refractivity contribution in [1.29, 1.82) is 0 Å². The summed E-state index contributed by atoms with van der Waals surface area (Å²) < 4.78 is 84.2. The largest absolute Gasteiger partial charge is 0.463 e. The van der Waals surface area contributed by atoms with E-state index in [2.05, 4.69) is 0 Å². The monoisotopic (exact) mass is 1420 g/mol. The molecule has 17 atom stereocenters. The van der Waals surface area contributed by atoms with E-state index in [1.165, 1.54) is 27.7 Å². The van der Waals surface area contributed by atoms with Crippen molar-refractivity contribution in [2.24, 2.45) is 11.8 Å². The number of unbranched alkanes of at least 4 members (excludes halogenated alkanes) is 1. The third-order valence-electron chi connectivity index (χ3n) is 14.5. The minimum atomic E-state index is -1.73. The van der Waals surface area contributed by atoms with Crippen molar-refractivity contribution in [2.45, 2.75) is 273 Å². The van der Waals surface area contributed by atoms with Crippen molar-refractivity contribution in [1.82, 2.24) is 0 Å². The highest BCUT2D eigenvalue weighted by molar-refractivity contribution is 5.88. The van der Waals surface area contributed by atoms with Crippen LogP contribution in [0, 0.1) is 11.8 Å². The van der Waals surface area contributed by atoms with Crippen LogP contribution in [0.1, 0.15) is 175 Å². The van der Waals surface area contributed by atoms with E-state index in [4.69, 9.17) is 75.8 Å². The maximum atomic E-state index is 14.2. The third kappa shape index (κ3) is 32.0. The smallest absolute Gasteiger partial charge is 0.347 e. The molecular weight excluding hydrogens is 1330 g/mol. The summed E-state index contributed by atoms with van der Waals surface area (Å²) in [7, 11) is 0. The number of ether oxygens (including phenoxy) is 16. The van der Waals surface area contributed by atoms with Gasteiger partial charge in [0.25, 0.3) is 0 Å². The summed E-state index contributed by atoms with van der Waals surface area (Å²) in [6.45, 7) is 20.4. The molecule has 0 amide bonds. The van der Waals surface area contributed by atoms with Crippen LogP contribution in [0.4, 0.5) is 0 Å². The second kappa shape index (κ2) is 43.1. The molecule has 0 heterocycles. The van der Waals surface area contributed by atoms with Gasteiger partial charge < -0.3 is 75.8 Å². The van der Waals surface area contributed by atoms with Gasteiger partial charge in [0.15, 0.2) is 73.2 Å². The minimum absolute atomic E-state index is 0.00472. The van der Waals surface area contributed by atoms with E-state index in [0.717, 1.165) is 81.7 Å². The van der Waals surface area contributed by atoms with Gasteiger partial charge in [0.05, 0.1) is 6.10 Å². The first-order valence-corrected chi connectivity index (χ1v) is 32.6. The molecule has 0 aliphatic heterocycles. The standard InChI is InChI=1S/C68H94O32/c1-34(2)85-56(72)28-24-19-18-23-27-52-53(32-31-51(30-29-50-25-21-20-22-26-50)98-66(82)44(12)95-63(79)41(9)92-60(76)38(6)89-57(73)35(3)86-47(15)69)55(100-68(84)46(14)97-65(81)43(11)94-62(78)40(8)91-59(75)37(5)88-49(17)71)33-54(52)99-67(83)45(13)96-64(80)42(10)93-61(77)39(7)90-58(74)36(4)87-48(16)70/h18,20-23,25-26,34-46,51-55H,19,24,27-33H2,1-17H3/b23-18-/t35-,36-,37-,38-,39-,40-,41-,42-,43-,44-,45-,46-,51?,52?,53?,54?,55?/m0/s1. The van der Waals surface area contributed by atoms with E-state index < -0.39 is 199 Å². The highest BCUT2D eigenvalue weighted by atomic mass is 16.7. The number of carbonyl (C=O) groups excluding carboxylic acids is 16. The molecule has 100 heavy (non-hydrogen) atoms. The van der Waals surface area contributed by atoms with Gasteiger partial charge in [0.2, 0.25) is 0 Å². The number of hydrogen-bond donors (Lipinski definition) is 0. The lowest BCUT2D eigenvalue weighted by molar-refractivity contribution is -0.186. The van der Waals surface area contributed by atoms with Crippen molar-refractivity contribution < 1.29 is 153 Å². The Kier molecular flexibility index (Phi) is 37.3. The first kappa shape index (κ1) is 86.6. The Labute approximate surface area is 579 Å². The fourth-order valence-corrected chi connectivity index (χ4v) is 9.30. The molecule has 0 spiro atoms. The Hall–Kier alpha value is -9.52. The van der Waals surface area contributed by atoms with Crippen LogP contribution in [0.15, 0.2) is 42.5 Å². The maximum Gasteiger partial charge on any atom is 0.347 e. The van der Waals surface area contributed by atoms with E-state index >= 15 is 0 Å².